The minimum atomic E-state index is -0.508. The molecular weight excluding hydrogens is 464 g/mol. The SMILES string of the molecule is CC(C)COC(=O)c1ccccc1C(=O)OCC(C)C.CCOC(=O)c1ccccc1C(=O)OCC. The highest BCUT2D eigenvalue weighted by Crippen LogP contribution is 2.14. The van der Waals surface area contributed by atoms with E-state index < -0.39 is 23.9 Å². The van der Waals surface area contributed by atoms with Crippen molar-refractivity contribution in [2.45, 2.75) is 41.5 Å². The molecule has 2 aromatic rings. The zero-order valence-corrected chi connectivity index (χ0v) is 21.9. The first-order chi connectivity index (χ1) is 17.1. The molecule has 0 bridgehead atoms. The smallest absolute Gasteiger partial charge is 0.339 e. The standard InChI is InChI=1S/C16H22O4.C12H14O4/c1-11(2)9-19-15(17)13-7-5-6-8-14(13)16(18)20-10-12(3)4;1-3-15-11(13)9-7-5-6-8-10(9)12(14)16-4-2/h5-8,11-12H,9-10H2,1-4H3;5-8H,3-4H2,1-2H3. The summed E-state index contributed by atoms with van der Waals surface area (Å²) in [6, 6.07) is 13.0. The Balaban J connectivity index is 0.000000369. The van der Waals surface area contributed by atoms with Crippen LogP contribution in [-0.4, -0.2) is 50.3 Å². The second-order valence-corrected chi connectivity index (χ2v) is 8.52. The van der Waals surface area contributed by atoms with Gasteiger partial charge in [-0.25, -0.2) is 19.2 Å². The molecule has 0 atom stereocenters. The molecule has 0 amide bonds. The van der Waals surface area contributed by atoms with E-state index >= 15 is 0 Å². The van der Waals surface area contributed by atoms with Crippen molar-refractivity contribution in [3.05, 3.63) is 70.8 Å². The maximum atomic E-state index is 12.0. The molecule has 0 N–H and O–H groups in total. The molecule has 0 aromatic heterocycles. The van der Waals surface area contributed by atoms with Crippen molar-refractivity contribution in [2.75, 3.05) is 26.4 Å². The molecule has 0 aliphatic rings. The summed E-state index contributed by atoms with van der Waals surface area (Å²) in [5.41, 5.74) is 0.981. The second-order valence-electron chi connectivity index (χ2n) is 8.52. The minimum absolute atomic E-state index is 0.239. The molecular formula is C28H36O8. The normalized spacial score (nSPS) is 10.2. The van der Waals surface area contributed by atoms with Gasteiger partial charge < -0.3 is 18.9 Å². The van der Waals surface area contributed by atoms with E-state index in [0.29, 0.717) is 13.2 Å². The van der Waals surface area contributed by atoms with Crippen LogP contribution in [0.4, 0.5) is 0 Å². The molecule has 0 spiro atoms. The molecule has 2 aromatic carbocycles. The Morgan fingerprint density at radius 3 is 1.00 bits per heavy atom. The number of hydrogen-bond acceptors (Lipinski definition) is 8. The molecule has 196 valence electrons. The highest BCUT2D eigenvalue weighted by atomic mass is 16.5. The van der Waals surface area contributed by atoms with E-state index in [1.165, 1.54) is 0 Å². The number of esters is 4. The van der Waals surface area contributed by atoms with Gasteiger partial charge >= 0.3 is 23.9 Å². The molecule has 0 saturated heterocycles. The first kappa shape index (κ1) is 30.4. The maximum absolute atomic E-state index is 12.0. The summed E-state index contributed by atoms with van der Waals surface area (Å²) in [6.07, 6.45) is 0. The zero-order chi connectivity index (χ0) is 27.1. The predicted octanol–water partition coefficient (Wildman–Crippen LogP) is 5.35. The lowest BCUT2D eigenvalue weighted by Gasteiger charge is -2.11. The molecule has 0 aliphatic carbocycles. The van der Waals surface area contributed by atoms with Crippen LogP contribution in [0.15, 0.2) is 48.5 Å². The molecule has 0 radical (unpaired) electrons. The lowest BCUT2D eigenvalue weighted by Crippen LogP contribution is -2.17. The predicted molar refractivity (Wildman–Crippen MR) is 135 cm³/mol. The Morgan fingerprint density at radius 1 is 0.528 bits per heavy atom. The van der Waals surface area contributed by atoms with Gasteiger partial charge in [0.15, 0.2) is 0 Å². The Morgan fingerprint density at radius 2 is 0.778 bits per heavy atom. The maximum Gasteiger partial charge on any atom is 0.339 e. The van der Waals surface area contributed by atoms with Crippen molar-refractivity contribution in [3.8, 4) is 0 Å². The fourth-order valence-electron chi connectivity index (χ4n) is 2.74. The number of rotatable bonds is 10. The van der Waals surface area contributed by atoms with E-state index in [9.17, 15) is 19.2 Å². The summed E-state index contributed by atoms with van der Waals surface area (Å²) in [7, 11) is 0. The van der Waals surface area contributed by atoms with Crippen molar-refractivity contribution in [1.29, 1.82) is 0 Å². The Kier molecular flexibility index (Phi) is 13.6. The van der Waals surface area contributed by atoms with Crippen LogP contribution in [0.25, 0.3) is 0 Å². The summed E-state index contributed by atoms with van der Waals surface area (Å²) >= 11 is 0. The zero-order valence-electron chi connectivity index (χ0n) is 21.9. The molecule has 0 unspecified atom stereocenters. The van der Waals surface area contributed by atoms with E-state index in [1.807, 2.05) is 27.7 Å². The van der Waals surface area contributed by atoms with Gasteiger partial charge in [-0.1, -0.05) is 52.0 Å². The minimum Gasteiger partial charge on any atom is -0.462 e. The Labute approximate surface area is 212 Å². The van der Waals surface area contributed by atoms with Gasteiger partial charge in [-0.05, 0) is 49.9 Å². The summed E-state index contributed by atoms with van der Waals surface area (Å²) in [5.74, 6) is -1.50. The summed E-state index contributed by atoms with van der Waals surface area (Å²) in [6.45, 7) is 12.4. The Hall–Kier alpha value is -3.68. The fourth-order valence-corrected chi connectivity index (χ4v) is 2.74. The number of hydrogen-bond donors (Lipinski definition) is 0. The quantitative estimate of drug-likeness (QED) is 0.317. The monoisotopic (exact) mass is 500 g/mol. The molecule has 8 nitrogen and oxygen atoms in total. The third-order valence-electron chi connectivity index (χ3n) is 4.38. The highest BCUT2D eigenvalue weighted by Gasteiger charge is 2.20. The average molecular weight is 501 g/mol. The van der Waals surface area contributed by atoms with Crippen LogP contribution in [-0.2, 0) is 18.9 Å². The van der Waals surface area contributed by atoms with E-state index in [-0.39, 0.29) is 47.3 Å². The largest absolute Gasteiger partial charge is 0.462 e. The van der Waals surface area contributed by atoms with Crippen LogP contribution in [0.5, 0.6) is 0 Å². The third kappa shape index (κ3) is 10.3. The van der Waals surface area contributed by atoms with Crippen LogP contribution in [0, 0.1) is 11.8 Å². The number of carbonyl (C=O) groups is 4. The van der Waals surface area contributed by atoms with E-state index in [2.05, 4.69) is 0 Å². The number of benzene rings is 2. The van der Waals surface area contributed by atoms with Gasteiger partial charge in [-0.15, -0.1) is 0 Å². The van der Waals surface area contributed by atoms with E-state index in [0.717, 1.165) is 0 Å². The van der Waals surface area contributed by atoms with Crippen molar-refractivity contribution < 1.29 is 38.1 Å². The molecule has 0 aliphatic heterocycles. The molecule has 8 heteroatoms. The first-order valence-electron chi connectivity index (χ1n) is 12.0. The van der Waals surface area contributed by atoms with Crippen molar-refractivity contribution in [3.63, 3.8) is 0 Å². The lowest BCUT2D eigenvalue weighted by atomic mass is 10.1. The van der Waals surface area contributed by atoms with Gasteiger partial charge in [-0.2, -0.15) is 0 Å². The van der Waals surface area contributed by atoms with Gasteiger partial charge in [-0.3, -0.25) is 0 Å². The van der Waals surface area contributed by atoms with Crippen LogP contribution in [0.2, 0.25) is 0 Å². The van der Waals surface area contributed by atoms with Gasteiger partial charge in [0.05, 0.1) is 48.7 Å². The average Bonchev–Trinajstić information content (AvgIpc) is 2.86. The second kappa shape index (κ2) is 16.1. The number of ether oxygens (including phenoxy) is 4. The number of carbonyl (C=O) groups excluding carboxylic acids is 4. The summed E-state index contributed by atoms with van der Waals surface area (Å²) in [5, 5.41) is 0. The first-order valence-corrected chi connectivity index (χ1v) is 12.0. The van der Waals surface area contributed by atoms with E-state index in [4.69, 9.17) is 18.9 Å². The van der Waals surface area contributed by atoms with Crippen molar-refractivity contribution >= 4 is 23.9 Å². The fraction of sp³-hybridized carbons (Fsp3) is 0.429. The van der Waals surface area contributed by atoms with Crippen LogP contribution in [0.3, 0.4) is 0 Å². The Bertz CT molecular complexity index is 930. The summed E-state index contributed by atoms with van der Waals surface area (Å²) < 4.78 is 20.0. The van der Waals surface area contributed by atoms with Crippen LogP contribution < -0.4 is 0 Å². The van der Waals surface area contributed by atoms with Crippen LogP contribution in [0.1, 0.15) is 83.0 Å². The third-order valence-corrected chi connectivity index (χ3v) is 4.38. The van der Waals surface area contributed by atoms with E-state index in [1.54, 1.807) is 62.4 Å². The molecule has 0 fully saturated rings. The molecule has 36 heavy (non-hydrogen) atoms. The lowest BCUT2D eigenvalue weighted by molar-refractivity contribution is 0.0412. The molecule has 2 rings (SSSR count). The van der Waals surface area contributed by atoms with Crippen molar-refractivity contribution in [2.24, 2.45) is 11.8 Å². The van der Waals surface area contributed by atoms with Crippen LogP contribution >= 0.6 is 0 Å². The molecule has 0 saturated carbocycles. The molecule has 0 heterocycles. The van der Waals surface area contributed by atoms with Crippen molar-refractivity contribution in [1.82, 2.24) is 0 Å². The van der Waals surface area contributed by atoms with Gasteiger partial charge in [0.1, 0.15) is 0 Å². The topological polar surface area (TPSA) is 105 Å². The van der Waals surface area contributed by atoms with Gasteiger partial charge in [0.2, 0.25) is 0 Å². The van der Waals surface area contributed by atoms with Gasteiger partial charge in [0.25, 0.3) is 0 Å². The van der Waals surface area contributed by atoms with Gasteiger partial charge in [0, 0.05) is 0 Å². The summed E-state index contributed by atoms with van der Waals surface area (Å²) in [4.78, 5) is 47.1. The highest BCUT2D eigenvalue weighted by molar-refractivity contribution is 6.03.